The molecular formula is C25H26ClN3O3. The summed E-state index contributed by atoms with van der Waals surface area (Å²) in [5.41, 5.74) is 1.69. The summed E-state index contributed by atoms with van der Waals surface area (Å²) in [6.45, 7) is 4.68. The van der Waals surface area contributed by atoms with E-state index in [9.17, 15) is 9.59 Å². The van der Waals surface area contributed by atoms with Crippen molar-refractivity contribution in [2.24, 2.45) is 0 Å². The molecular weight excluding hydrogens is 426 g/mol. The number of nitrogens with zero attached hydrogens (tertiary/aromatic N) is 2. The largest absolute Gasteiger partial charge is 0.467 e. The van der Waals surface area contributed by atoms with Crippen LogP contribution in [-0.2, 0) is 17.8 Å². The third-order valence-corrected chi connectivity index (χ3v) is 5.07. The van der Waals surface area contributed by atoms with Crippen molar-refractivity contribution in [3.63, 3.8) is 0 Å². The molecule has 3 rings (SSSR count). The van der Waals surface area contributed by atoms with Crippen LogP contribution in [0.15, 0.2) is 90.1 Å². The van der Waals surface area contributed by atoms with Gasteiger partial charge in [-0.3, -0.25) is 4.79 Å². The van der Waals surface area contributed by atoms with Gasteiger partial charge in [-0.1, -0.05) is 54.1 Å². The molecule has 1 heterocycles. The van der Waals surface area contributed by atoms with Gasteiger partial charge in [0, 0.05) is 23.8 Å². The number of carbonyl (C=O) groups excluding carboxylic acids is 2. The summed E-state index contributed by atoms with van der Waals surface area (Å²) in [4.78, 5) is 29.1. The normalized spacial score (nSPS) is 10.4. The second-order valence-corrected chi connectivity index (χ2v) is 7.68. The van der Waals surface area contributed by atoms with Crippen molar-refractivity contribution in [2.75, 3.05) is 25.0 Å². The lowest BCUT2D eigenvalue weighted by atomic mass is 10.1. The fraction of sp³-hybridized carbons (Fsp3) is 0.200. The van der Waals surface area contributed by atoms with E-state index >= 15 is 0 Å². The number of hydrogen-bond acceptors (Lipinski definition) is 3. The first-order valence-corrected chi connectivity index (χ1v) is 10.7. The van der Waals surface area contributed by atoms with Gasteiger partial charge in [0.25, 0.3) is 0 Å². The van der Waals surface area contributed by atoms with Gasteiger partial charge < -0.3 is 19.5 Å². The van der Waals surface area contributed by atoms with Gasteiger partial charge in [-0.05, 0) is 42.3 Å². The standard InChI is InChI=1S/C25H26ClN3O3/c1-2-14-29(25(31)27-22-11-6-10-21(26)17-22)19-24(30)28(18-23-12-7-16-32-23)15-13-20-8-4-3-5-9-20/h2-12,16-17H,1,13-15,18-19H2,(H,27,31). The summed E-state index contributed by atoms with van der Waals surface area (Å²) in [5, 5.41) is 3.29. The number of carbonyl (C=O) groups is 2. The van der Waals surface area contributed by atoms with E-state index in [0.29, 0.717) is 36.0 Å². The average molecular weight is 452 g/mol. The average Bonchev–Trinajstić information content (AvgIpc) is 3.30. The Bertz CT molecular complexity index is 1020. The quantitative estimate of drug-likeness (QED) is 0.429. The van der Waals surface area contributed by atoms with Crippen molar-refractivity contribution in [3.05, 3.63) is 102 Å². The highest BCUT2D eigenvalue weighted by Gasteiger charge is 2.21. The molecule has 0 fully saturated rings. The molecule has 0 radical (unpaired) electrons. The van der Waals surface area contributed by atoms with E-state index in [1.807, 2.05) is 36.4 Å². The topological polar surface area (TPSA) is 65.8 Å². The molecule has 166 valence electrons. The molecule has 0 atom stereocenters. The molecule has 1 aromatic heterocycles. The molecule has 1 N–H and O–H groups in total. The van der Waals surface area contributed by atoms with E-state index < -0.39 is 6.03 Å². The van der Waals surface area contributed by atoms with E-state index in [-0.39, 0.29) is 19.0 Å². The first kappa shape index (κ1) is 23.2. The molecule has 0 aliphatic heterocycles. The fourth-order valence-corrected chi connectivity index (χ4v) is 3.39. The number of rotatable bonds is 10. The third kappa shape index (κ3) is 7.03. The first-order chi connectivity index (χ1) is 15.5. The molecule has 7 heteroatoms. The summed E-state index contributed by atoms with van der Waals surface area (Å²) in [5.74, 6) is 0.505. The number of hydrogen-bond donors (Lipinski definition) is 1. The first-order valence-electron chi connectivity index (χ1n) is 10.3. The molecule has 2 aromatic carbocycles. The predicted molar refractivity (Wildman–Crippen MR) is 127 cm³/mol. The minimum Gasteiger partial charge on any atom is -0.467 e. The van der Waals surface area contributed by atoms with Gasteiger partial charge in [0.15, 0.2) is 0 Å². The molecule has 0 saturated heterocycles. The maximum atomic E-state index is 13.2. The lowest BCUT2D eigenvalue weighted by Crippen LogP contribution is -2.44. The number of furan rings is 1. The van der Waals surface area contributed by atoms with Gasteiger partial charge in [0.05, 0.1) is 12.8 Å². The molecule has 32 heavy (non-hydrogen) atoms. The minimum absolute atomic E-state index is 0.0894. The zero-order valence-electron chi connectivity index (χ0n) is 17.7. The van der Waals surface area contributed by atoms with Gasteiger partial charge in [-0.15, -0.1) is 6.58 Å². The second-order valence-electron chi connectivity index (χ2n) is 7.24. The van der Waals surface area contributed by atoms with Crippen LogP contribution in [0.2, 0.25) is 5.02 Å². The van der Waals surface area contributed by atoms with Crippen LogP contribution in [0.5, 0.6) is 0 Å². The molecule has 0 unspecified atom stereocenters. The van der Waals surface area contributed by atoms with Crippen LogP contribution in [0.1, 0.15) is 11.3 Å². The lowest BCUT2D eigenvalue weighted by molar-refractivity contribution is -0.132. The Hall–Kier alpha value is -3.51. The molecule has 3 amide bonds. The lowest BCUT2D eigenvalue weighted by Gasteiger charge is -2.27. The Morgan fingerprint density at radius 1 is 1.03 bits per heavy atom. The van der Waals surface area contributed by atoms with Gasteiger partial charge >= 0.3 is 6.03 Å². The zero-order chi connectivity index (χ0) is 22.8. The van der Waals surface area contributed by atoms with Crippen LogP contribution >= 0.6 is 11.6 Å². The van der Waals surface area contributed by atoms with Crippen LogP contribution in [-0.4, -0.2) is 41.4 Å². The third-order valence-electron chi connectivity index (χ3n) is 4.83. The number of anilines is 1. The van der Waals surface area contributed by atoms with Crippen LogP contribution < -0.4 is 5.32 Å². The highest BCUT2D eigenvalue weighted by molar-refractivity contribution is 6.30. The zero-order valence-corrected chi connectivity index (χ0v) is 18.5. The Morgan fingerprint density at radius 2 is 1.84 bits per heavy atom. The van der Waals surface area contributed by atoms with Crippen molar-refractivity contribution in [2.45, 2.75) is 13.0 Å². The number of halogens is 1. The molecule has 3 aromatic rings. The highest BCUT2D eigenvalue weighted by Crippen LogP contribution is 2.16. The summed E-state index contributed by atoms with van der Waals surface area (Å²) < 4.78 is 5.44. The van der Waals surface area contributed by atoms with Crippen LogP contribution in [0.4, 0.5) is 10.5 Å². The fourth-order valence-electron chi connectivity index (χ4n) is 3.20. The van der Waals surface area contributed by atoms with Crippen molar-refractivity contribution in [3.8, 4) is 0 Å². The van der Waals surface area contributed by atoms with Crippen molar-refractivity contribution < 1.29 is 14.0 Å². The van der Waals surface area contributed by atoms with Gasteiger partial charge in [0.2, 0.25) is 5.91 Å². The predicted octanol–water partition coefficient (Wildman–Crippen LogP) is 5.22. The van der Waals surface area contributed by atoms with Crippen molar-refractivity contribution in [1.82, 2.24) is 9.80 Å². The highest BCUT2D eigenvalue weighted by atomic mass is 35.5. The number of amides is 3. The summed E-state index contributed by atoms with van der Waals surface area (Å²) >= 11 is 6.00. The molecule has 0 saturated carbocycles. The van der Waals surface area contributed by atoms with E-state index in [1.54, 1.807) is 47.6 Å². The molecule has 0 spiro atoms. The second kappa shape index (κ2) is 11.8. The van der Waals surface area contributed by atoms with Crippen LogP contribution in [0, 0.1) is 0 Å². The van der Waals surface area contributed by atoms with E-state index in [2.05, 4.69) is 11.9 Å². The van der Waals surface area contributed by atoms with Crippen molar-refractivity contribution in [1.29, 1.82) is 0 Å². The SMILES string of the molecule is C=CCN(CC(=O)N(CCc1ccccc1)Cc1ccco1)C(=O)Nc1cccc(Cl)c1. The van der Waals surface area contributed by atoms with Gasteiger partial charge in [0.1, 0.15) is 12.3 Å². The number of urea groups is 1. The Balaban J connectivity index is 1.68. The summed E-state index contributed by atoms with van der Waals surface area (Å²) in [6, 6.07) is 20.0. The summed E-state index contributed by atoms with van der Waals surface area (Å²) in [6.07, 6.45) is 3.87. The van der Waals surface area contributed by atoms with E-state index in [4.69, 9.17) is 16.0 Å². The number of nitrogens with one attached hydrogen (secondary N) is 1. The Labute approximate surface area is 193 Å². The minimum atomic E-state index is -0.401. The maximum Gasteiger partial charge on any atom is 0.322 e. The maximum absolute atomic E-state index is 13.2. The molecule has 0 aliphatic rings. The van der Waals surface area contributed by atoms with Crippen LogP contribution in [0.3, 0.4) is 0 Å². The molecule has 0 bridgehead atoms. The molecule has 6 nitrogen and oxygen atoms in total. The van der Waals surface area contributed by atoms with Crippen LogP contribution in [0.25, 0.3) is 0 Å². The van der Waals surface area contributed by atoms with E-state index in [0.717, 1.165) is 5.56 Å². The van der Waals surface area contributed by atoms with Crippen molar-refractivity contribution >= 4 is 29.2 Å². The number of benzene rings is 2. The molecule has 0 aliphatic carbocycles. The smallest absolute Gasteiger partial charge is 0.322 e. The monoisotopic (exact) mass is 451 g/mol. The van der Waals surface area contributed by atoms with Gasteiger partial charge in [-0.2, -0.15) is 0 Å². The summed E-state index contributed by atoms with van der Waals surface area (Å²) in [7, 11) is 0. The Morgan fingerprint density at radius 3 is 2.53 bits per heavy atom. The van der Waals surface area contributed by atoms with Gasteiger partial charge in [-0.25, -0.2) is 4.79 Å². The van der Waals surface area contributed by atoms with E-state index in [1.165, 1.54) is 4.90 Å². The Kier molecular flexibility index (Phi) is 8.52.